The number of rotatable bonds is 7. The van der Waals surface area contributed by atoms with Crippen LogP contribution in [0.4, 0.5) is 14.5 Å². The van der Waals surface area contributed by atoms with Crippen LogP contribution in [0, 0.1) is 11.6 Å². The Labute approximate surface area is 167 Å². The van der Waals surface area contributed by atoms with E-state index in [4.69, 9.17) is 0 Å². The van der Waals surface area contributed by atoms with Gasteiger partial charge in [-0.15, -0.1) is 0 Å². The van der Waals surface area contributed by atoms with Gasteiger partial charge in [-0.1, -0.05) is 42.5 Å². The maximum Gasteiger partial charge on any atom is 0.275 e. The number of nitrogens with one attached hydrogen (secondary N) is 2. The van der Waals surface area contributed by atoms with Crippen molar-refractivity contribution in [2.45, 2.75) is 13.0 Å². The van der Waals surface area contributed by atoms with Crippen molar-refractivity contribution in [3.8, 4) is 0 Å². The summed E-state index contributed by atoms with van der Waals surface area (Å²) in [7, 11) is 0. The smallest absolute Gasteiger partial charge is 0.275 e. The van der Waals surface area contributed by atoms with Crippen LogP contribution in [0.3, 0.4) is 0 Å². The number of carbonyl (C=O) groups is 2. The van der Waals surface area contributed by atoms with Crippen LogP contribution in [0.25, 0.3) is 10.8 Å². The molecule has 150 valence electrons. The summed E-state index contributed by atoms with van der Waals surface area (Å²) >= 11 is 0. The summed E-state index contributed by atoms with van der Waals surface area (Å²) in [5, 5.41) is 9.11. The molecule has 3 rings (SSSR count). The Morgan fingerprint density at radius 1 is 0.966 bits per heavy atom. The molecule has 5 nitrogen and oxygen atoms in total. The highest BCUT2D eigenvalue weighted by Crippen LogP contribution is 2.22. The van der Waals surface area contributed by atoms with Crippen molar-refractivity contribution >= 4 is 28.3 Å². The Kier molecular flexibility index (Phi) is 6.51. The van der Waals surface area contributed by atoms with E-state index in [0.29, 0.717) is 0 Å². The zero-order valence-electron chi connectivity index (χ0n) is 15.9. The normalized spacial score (nSPS) is 11.8. The molecule has 0 unspecified atom stereocenters. The molecule has 0 aliphatic carbocycles. The van der Waals surface area contributed by atoms with E-state index in [0.717, 1.165) is 28.5 Å². The number of halogens is 2. The van der Waals surface area contributed by atoms with Crippen molar-refractivity contribution in [2.24, 2.45) is 0 Å². The number of hydrogen-bond acceptors (Lipinski definition) is 2. The minimum Gasteiger partial charge on any atom is -0.342 e. The molecule has 0 heterocycles. The minimum absolute atomic E-state index is 0.0582. The Balaban J connectivity index is 1.48. The van der Waals surface area contributed by atoms with Gasteiger partial charge in [0.15, 0.2) is 18.2 Å². The monoisotopic (exact) mass is 398 g/mol. The number of hydrogen-bond donors (Lipinski definition) is 3. The largest absolute Gasteiger partial charge is 0.342 e. The molecule has 7 heteroatoms. The SMILES string of the molecule is C[C@H]([NH2+]CC(=O)NCC(=O)Nc1ccc(F)c(F)c1)c1cccc2ccccc12. The van der Waals surface area contributed by atoms with Crippen LogP contribution in [0.15, 0.2) is 60.7 Å². The first kappa shape index (κ1) is 20.4. The van der Waals surface area contributed by atoms with Gasteiger partial charge in [-0.3, -0.25) is 9.59 Å². The summed E-state index contributed by atoms with van der Waals surface area (Å²) in [6.45, 7) is 1.92. The van der Waals surface area contributed by atoms with Gasteiger partial charge in [0.2, 0.25) is 5.91 Å². The Hall–Kier alpha value is -3.32. The van der Waals surface area contributed by atoms with Crippen molar-refractivity contribution < 1.29 is 23.7 Å². The molecule has 3 aromatic carbocycles. The third-order valence-electron chi connectivity index (χ3n) is 4.62. The van der Waals surface area contributed by atoms with Gasteiger partial charge in [0.05, 0.1) is 6.54 Å². The van der Waals surface area contributed by atoms with Gasteiger partial charge in [-0.25, -0.2) is 8.78 Å². The first-order valence-electron chi connectivity index (χ1n) is 9.26. The summed E-state index contributed by atoms with van der Waals surface area (Å²) < 4.78 is 26.1. The maximum absolute atomic E-state index is 13.2. The van der Waals surface area contributed by atoms with Gasteiger partial charge in [0, 0.05) is 17.3 Å². The van der Waals surface area contributed by atoms with Crippen molar-refractivity contribution in [3.05, 3.63) is 77.9 Å². The van der Waals surface area contributed by atoms with E-state index in [2.05, 4.69) is 16.7 Å². The number of anilines is 1. The molecule has 0 aliphatic rings. The molecule has 0 aromatic heterocycles. The Morgan fingerprint density at radius 3 is 2.52 bits per heavy atom. The fourth-order valence-electron chi connectivity index (χ4n) is 3.09. The van der Waals surface area contributed by atoms with Crippen LogP contribution >= 0.6 is 0 Å². The molecule has 0 saturated carbocycles. The summed E-state index contributed by atoms with van der Waals surface area (Å²) in [5.74, 6) is -2.86. The number of quaternary nitrogens is 1. The van der Waals surface area contributed by atoms with Crippen molar-refractivity contribution in [1.82, 2.24) is 5.32 Å². The topological polar surface area (TPSA) is 74.8 Å². The molecule has 2 amide bonds. The second kappa shape index (κ2) is 9.25. The Morgan fingerprint density at radius 2 is 1.72 bits per heavy atom. The van der Waals surface area contributed by atoms with Crippen molar-refractivity contribution in [3.63, 3.8) is 0 Å². The molecule has 0 aliphatic heterocycles. The van der Waals surface area contributed by atoms with Crippen LogP contribution in [0.5, 0.6) is 0 Å². The summed E-state index contributed by atoms with van der Waals surface area (Å²) in [4.78, 5) is 23.9. The molecule has 0 bridgehead atoms. The van der Waals surface area contributed by atoms with Crippen LogP contribution in [0.2, 0.25) is 0 Å². The molecule has 4 N–H and O–H groups in total. The fraction of sp³-hybridized carbons (Fsp3) is 0.182. The van der Waals surface area contributed by atoms with E-state index in [1.807, 2.05) is 48.6 Å². The lowest BCUT2D eigenvalue weighted by Gasteiger charge is -2.13. The molecular weight excluding hydrogens is 376 g/mol. The van der Waals surface area contributed by atoms with Gasteiger partial charge in [0.1, 0.15) is 6.04 Å². The number of nitrogens with two attached hydrogens (primary N) is 1. The average molecular weight is 398 g/mol. The van der Waals surface area contributed by atoms with Crippen LogP contribution in [-0.2, 0) is 9.59 Å². The van der Waals surface area contributed by atoms with Gasteiger partial charge in [-0.2, -0.15) is 0 Å². The molecule has 0 saturated heterocycles. The highest BCUT2D eigenvalue weighted by Gasteiger charge is 2.15. The summed E-state index contributed by atoms with van der Waals surface area (Å²) in [5.41, 5.74) is 1.26. The number of fused-ring (bicyclic) bond motifs is 1. The predicted octanol–water partition coefficient (Wildman–Crippen LogP) is 2.50. The highest BCUT2D eigenvalue weighted by atomic mass is 19.2. The van der Waals surface area contributed by atoms with E-state index in [9.17, 15) is 18.4 Å². The van der Waals surface area contributed by atoms with Gasteiger partial charge >= 0.3 is 0 Å². The number of carbonyl (C=O) groups excluding carboxylic acids is 2. The number of benzene rings is 3. The molecular formula is C22H22F2N3O2+. The van der Waals surface area contributed by atoms with Gasteiger partial charge in [-0.05, 0) is 29.8 Å². The van der Waals surface area contributed by atoms with Gasteiger partial charge in [0.25, 0.3) is 5.91 Å². The first-order chi connectivity index (χ1) is 13.9. The third-order valence-corrected chi connectivity index (χ3v) is 4.62. The minimum atomic E-state index is -1.05. The van der Waals surface area contributed by atoms with E-state index in [-0.39, 0.29) is 30.7 Å². The second-order valence-corrected chi connectivity index (χ2v) is 6.75. The van der Waals surface area contributed by atoms with E-state index in [1.54, 1.807) is 0 Å². The molecule has 1 atom stereocenters. The van der Waals surface area contributed by atoms with Crippen LogP contribution in [-0.4, -0.2) is 24.9 Å². The summed E-state index contributed by atoms with van der Waals surface area (Å²) in [6.07, 6.45) is 0. The van der Waals surface area contributed by atoms with Crippen LogP contribution in [0.1, 0.15) is 18.5 Å². The average Bonchev–Trinajstić information content (AvgIpc) is 2.72. The molecule has 29 heavy (non-hydrogen) atoms. The van der Waals surface area contributed by atoms with E-state index in [1.165, 1.54) is 6.07 Å². The van der Waals surface area contributed by atoms with E-state index >= 15 is 0 Å². The molecule has 3 aromatic rings. The van der Waals surface area contributed by atoms with Crippen molar-refractivity contribution in [2.75, 3.05) is 18.4 Å². The van der Waals surface area contributed by atoms with E-state index < -0.39 is 17.5 Å². The Bertz CT molecular complexity index is 1030. The molecule has 0 spiro atoms. The lowest BCUT2D eigenvalue weighted by molar-refractivity contribution is -0.682. The molecule has 0 radical (unpaired) electrons. The molecule has 0 fully saturated rings. The number of amides is 2. The third kappa shape index (κ3) is 5.36. The lowest BCUT2D eigenvalue weighted by atomic mass is 10.00. The quantitative estimate of drug-likeness (QED) is 0.572. The summed E-state index contributed by atoms with van der Waals surface area (Å²) in [6, 6.07) is 17.3. The fourth-order valence-corrected chi connectivity index (χ4v) is 3.09. The van der Waals surface area contributed by atoms with Crippen molar-refractivity contribution in [1.29, 1.82) is 0 Å². The van der Waals surface area contributed by atoms with Gasteiger partial charge < -0.3 is 16.0 Å². The zero-order chi connectivity index (χ0) is 20.8. The van der Waals surface area contributed by atoms with Crippen LogP contribution < -0.4 is 16.0 Å². The maximum atomic E-state index is 13.2. The second-order valence-electron chi connectivity index (χ2n) is 6.75. The predicted molar refractivity (Wildman–Crippen MR) is 107 cm³/mol. The zero-order valence-corrected chi connectivity index (χ0v) is 15.9. The first-order valence-corrected chi connectivity index (χ1v) is 9.26. The standard InChI is InChI=1S/C22H21F2N3O2/c1-14(17-8-4-6-15-5-2-3-7-18(15)17)25-12-21(28)26-13-22(29)27-16-9-10-19(23)20(24)11-16/h2-11,14,25H,12-13H2,1H3,(H,26,28)(H,27,29)/p+1/t14-/m0/s1. The lowest BCUT2D eigenvalue weighted by Crippen LogP contribution is -2.87. The highest BCUT2D eigenvalue weighted by molar-refractivity contribution is 5.94.